The Morgan fingerprint density at radius 3 is 1.38 bits per heavy atom. The molecule has 16 heteroatoms. The van der Waals surface area contributed by atoms with Crippen molar-refractivity contribution in [2.75, 3.05) is 40.4 Å². The van der Waals surface area contributed by atoms with Crippen LogP contribution in [0.5, 0.6) is 11.8 Å². The van der Waals surface area contributed by atoms with Crippen molar-refractivity contribution in [3.63, 3.8) is 0 Å². The largest absolute Gasteiger partial charge is 0.469 e. The van der Waals surface area contributed by atoms with Crippen molar-refractivity contribution in [2.24, 2.45) is 0 Å². The van der Waals surface area contributed by atoms with E-state index in [0.29, 0.717) is 24.2 Å². The van der Waals surface area contributed by atoms with Crippen molar-refractivity contribution in [3.05, 3.63) is 23.5 Å². The molecule has 0 spiro atoms. The van der Waals surface area contributed by atoms with Crippen molar-refractivity contribution in [2.45, 2.75) is 66.2 Å². The minimum absolute atomic E-state index is 0.0368. The van der Waals surface area contributed by atoms with Gasteiger partial charge in [0.1, 0.15) is 0 Å². The number of rotatable bonds is 12. The molecule has 1 fully saturated rings. The molecule has 1 saturated heterocycles. The number of carbonyl (C=O) groups excluding carboxylic acids is 4. The third kappa shape index (κ3) is 8.75. The summed E-state index contributed by atoms with van der Waals surface area (Å²) in [6.07, 6.45) is 0.0392. The van der Waals surface area contributed by atoms with Gasteiger partial charge in [0, 0.05) is 76.6 Å². The van der Waals surface area contributed by atoms with Gasteiger partial charge in [-0.1, -0.05) is 0 Å². The summed E-state index contributed by atoms with van der Waals surface area (Å²) in [5.74, 6) is -0.558. The summed E-state index contributed by atoms with van der Waals surface area (Å²) in [7, 11) is 2.58. The maximum atomic E-state index is 12.7. The van der Waals surface area contributed by atoms with E-state index >= 15 is 0 Å². The molecule has 0 N–H and O–H groups in total. The van der Waals surface area contributed by atoms with Gasteiger partial charge in [-0.15, -0.1) is 10.2 Å². The third-order valence-electron chi connectivity index (χ3n) is 6.26. The van der Waals surface area contributed by atoms with Gasteiger partial charge in [0.05, 0.1) is 27.1 Å². The van der Waals surface area contributed by atoms with E-state index in [0.717, 1.165) is 0 Å². The molecule has 3 heterocycles. The highest BCUT2D eigenvalue weighted by molar-refractivity contribution is 5.73. The lowest BCUT2D eigenvalue weighted by Gasteiger charge is -2.34. The molecule has 2 aromatic heterocycles. The predicted octanol–water partition coefficient (Wildman–Crippen LogP) is 1.59. The number of methoxy groups -OCH3 is 2. The van der Waals surface area contributed by atoms with E-state index < -0.39 is 36.7 Å². The molecule has 1 aliphatic rings. The average molecular weight is 595 g/mol. The fourth-order valence-corrected chi connectivity index (χ4v) is 3.98. The van der Waals surface area contributed by atoms with Crippen LogP contribution < -0.4 is 9.47 Å². The quantitative estimate of drug-likeness (QED) is 0.198. The number of esters is 2. The summed E-state index contributed by atoms with van der Waals surface area (Å²) in [5.41, 5.74) is 1.02. The molecule has 2 aromatic rings. The summed E-state index contributed by atoms with van der Waals surface area (Å²) < 4.78 is 34.8. The van der Waals surface area contributed by atoms with Gasteiger partial charge in [0.15, 0.2) is 0 Å². The van der Waals surface area contributed by atoms with Crippen LogP contribution in [-0.2, 0) is 54.5 Å². The minimum Gasteiger partial charge on any atom is -0.469 e. The van der Waals surface area contributed by atoms with Gasteiger partial charge in [-0.2, -0.15) is 0 Å². The van der Waals surface area contributed by atoms with Gasteiger partial charge in [-0.25, -0.2) is 9.59 Å². The topological polar surface area (TPSA) is 166 Å². The average Bonchev–Trinajstić information content (AvgIpc) is 3.54. The molecule has 0 aliphatic carbocycles. The fraction of sp³-hybridized carbons (Fsp3) is 0.615. The maximum absolute atomic E-state index is 12.7. The number of ether oxygens (including phenoxy) is 6. The summed E-state index contributed by atoms with van der Waals surface area (Å²) in [6.45, 7) is 8.80. The number of aromatic nitrogens is 4. The molecule has 0 saturated carbocycles. The Bertz CT molecular complexity index is 1140. The van der Waals surface area contributed by atoms with Crippen molar-refractivity contribution in [1.29, 1.82) is 0 Å². The van der Waals surface area contributed by atoms with Crippen LogP contribution in [0, 0.1) is 0 Å². The number of carbonyl (C=O) groups is 4. The van der Waals surface area contributed by atoms with Gasteiger partial charge >= 0.3 is 24.1 Å². The highest BCUT2D eigenvalue weighted by atomic mass is 16.7. The first-order valence-corrected chi connectivity index (χ1v) is 13.6. The van der Waals surface area contributed by atoms with Crippen molar-refractivity contribution < 1.29 is 47.6 Å². The first-order chi connectivity index (χ1) is 20.1. The molecule has 0 radical (unpaired) electrons. The lowest BCUT2D eigenvalue weighted by molar-refractivity contribution is -0.140. The monoisotopic (exact) mass is 594 g/mol. The van der Waals surface area contributed by atoms with Crippen LogP contribution in [-0.4, -0.2) is 106 Å². The van der Waals surface area contributed by atoms with Crippen LogP contribution >= 0.6 is 0 Å². The van der Waals surface area contributed by atoms with Crippen LogP contribution in [0.15, 0.2) is 12.4 Å². The molecular formula is C26H38N6O10. The summed E-state index contributed by atoms with van der Waals surface area (Å²) in [4.78, 5) is 51.7. The van der Waals surface area contributed by atoms with Crippen molar-refractivity contribution >= 4 is 24.1 Å². The number of piperazine rings is 1. The van der Waals surface area contributed by atoms with Gasteiger partial charge in [0.25, 0.3) is 0 Å². The Morgan fingerprint density at radius 2 is 1.07 bits per heavy atom. The molecule has 2 atom stereocenters. The second-order valence-corrected chi connectivity index (χ2v) is 9.25. The Hall–Kier alpha value is -4.50. The van der Waals surface area contributed by atoms with Crippen LogP contribution in [0.25, 0.3) is 0 Å². The van der Waals surface area contributed by atoms with Crippen LogP contribution in [0.4, 0.5) is 9.59 Å². The standard InChI is InChI=1S/C26H38N6O10/c1-7-31-15-19(13-21(33)37-5)23(27-31)39-17(3)41-25(35)29-9-11-30(12-10-29)26(36)42-18(4)40-24-20(14-22(34)38-6)16-32(8-2)28-24/h15-18H,7-14H2,1-6H3/t17-,18-/m1/s1. The zero-order chi connectivity index (χ0) is 30.8. The number of amides is 2. The van der Waals surface area contributed by atoms with E-state index in [9.17, 15) is 19.2 Å². The fourth-order valence-electron chi connectivity index (χ4n) is 3.98. The molecule has 0 unspecified atom stereocenters. The Labute approximate surface area is 243 Å². The Kier molecular flexibility index (Phi) is 11.4. The third-order valence-corrected chi connectivity index (χ3v) is 6.26. The summed E-state index contributed by atoms with van der Waals surface area (Å²) >= 11 is 0. The molecule has 0 bridgehead atoms. The van der Waals surface area contributed by atoms with Crippen molar-refractivity contribution in [3.8, 4) is 11.8 Å². The predicted molar refractivity (Wildman–Crippen MR) is 144 cm³/mol. The van der Waals surface area contributed by atoms with Gasteiger partial charge in [-0.3, -0.25) is 19.0 Å². The smallest absolute Gasteiger partial charge is 0.412 e. The zero-order valence-corrected chi connectivity index (χ0v) is 24.7. The Balaban J connectivity index is 1.47. The molecule has 1 aliphatic heterocycles. The summed E-state index contributed by atoms with van der Waals surface area (Å²) in [6, 6.07) is 0. The first kappa shape index (κ1) is 32.0. The minimum atomic E-state index is -0.990. The molecule has 3 rings (SSSR count). The summed E-state index contributed by atoms with van der Waals surface area (Å²) in [5, 5.41) is 8.54. The highest BCUT2D eigenvalue weighted by Gasteiger charge is 2.29. The number of hydrogen-bond acceptors (Lipinski definition) is 12. The first-order valence-electron chi connectivity index (χ1n) is 13.6. The highest BCUT2D eigenvalue weighted by Crippen LogP contribution is 2.21. The second kappa shape index (κ2) is 14.9. The van der Waals surface area contributed by atoms with E-state index in [1.807, 2.05) is 13.8 Å². The lowest BCUT2D eigenvalue weighted by atomic mass is 10.2. The normalized spacial score (nSPS) is 14.5. The molecule has 16 nitrogen and oxygen atoms in total. The van der Waals surface area contributed by atoms with E-state index in [1.165, 1.54) is 24.0 Å². The lowest BCUT2D eigenvalue weighted by Crippen LogP contribution is -2.52. The van der Waals surface area contributed by atoms with E-state index in [4.69, 9.17) is 28.4 Å². The number of nitrogens with zero attached hydrogens (tertiary/aromatic N) is 6. The van der Waals surface area contributed by atoms with Crippen LogP contribution in [0.1, 0.15) is 38.8 Å². The van der Waals surface area contributed by atoms with E-state index in [2.05, 4.69) is 10.2 Å². The molecule has 42 heavy (non-hydrogen) atoms. The Morgan fingerprint density at radius 1 is 0.714 bits per heavy atom. The SMILES string of the molecule is CCn1cc(CC(=O)OC)c(O[C@@H](C)OC(=O)N2CCN(C(=O)O[C@H](C)Oc3nn(CC)cc3CC(=O)OC)CC2)n1. The molecular weight excluding hydrogens is 556 g/mol. The van der Waals surface area contributed by atoms with Gasteiger partial charge in [-0.05, 0) is 13.8 Å². The molecule has 0 aromatic carbocycles. The van der Waals surface area contributed by atoms with E-state index in [1.54, 1.807) is 35.6 Å². The number of aryl methyl sites for hydroxylation is 2. The molecule has 2 amide bonds. The van der Waals surface area contributed by atoms with Gasteiger partial charge < -0.3 is 38.2 Å². The van der Waals surface area contributed by atoms with Crippen LogP contribution in [0.2, 0.25) is 0 Å². The van der Waals surface area contributed by atoms with Crippen LogP contribution in [0.3, 0.4) is 0 Å². The molecule has 232 valence electrons. The van der Waals surface area contributed by atoms with Gasteiger partial charge in [0.2, 0.25) is 24.3 Å². The zero-order valence-electron chi connectivity index (χ0n) is 24.7. The van der Waals surface area contributed by atoms with Crippen molar-refractivity contribution in [1.82, 2.24) is 29.4 Å². The second-order valence-electron chi connectivity index (χ2n) is 9.25. The maximum Gasteiger partial charge on any atom is 0.412 e. The number of hydrogen-bond donors (Lipinski definition) is 0. The van der Waals surface area contributed by atoms with E-state index in [-0.39, 0.29) is 50.8 Å².